The average molecular weight is 861 g/mol. The maximum absolute atomic E-state index is 12.3. The number of nitrogens with two attached hydrogens (primary N) is 2. The number of alkyl halides is 4. The van der Waals surface area contributed by atoms with Crippen LogP contribution in [0.4, 0.5) is 40.3 Å². The zero-order valence-corrected chi connectivity index (χ0v) is 33.8. The Morgan fingerprint density at radius 2 is 1.06 bits per heavy atom. The van der Waals surface area contributed by atoms with Crippen LogP contribution < -0.4 is 31.6 Å². The molecular formula is C42H48F4N12O4. The van der Waals surface area contributed by atoms with Crippen LogP contribution in [-0.4, -0.2) is 104 Å². The highest BCUT2D eigenvalue weighted by atomic mass is 19.3. The van der Waals surface area contributed by atoms with E-state index in [4.69, 9.17) is 24.6 Å². The van der Waals surface area contributed by atoms with Crippen LogP contribution in [0.2, 0.25) is 0 Å². The van der Waals surface area contributed by atoms with Gasteiger partial charge in [0, 0.05) is 61.8 Å². The lowest BCUT2D eigenvalue weighted by Crippen LogP contribution is -2.49. The zero-order chi connectivity index (χ0) is 43.9. The number of aromatic nitrogens is 4. The highest BCUT2D eigenvalue weighted by Gasteiger charge is 2.41. The van der Waals surface area contributed by atoms with Crippen LogP contribution in [0.15, 0.2) is 61.4 Å². The lowest BCUT2D eigenvalue weighted by molar-refractivity contribution is -0.0535. The zero-order valence-electron chi connectivity index (χ0n) is 33.8. The molecule has 0 aromatic carbocycles. The summed E-state index contributed by atoms with van der Waals surface area (Å²) < 4.78 is 61.4. The highest BCUT2D eigenvalue weighted by molar-refractivity contribution is 5.99. The van der Waals surface area contributed by atoms with Crippen LogP contribution in [0.25, 0.3) is 9.69 Å². The van der Waals surface area contributed by atoms with E-state index in [-0.39, 0.29) is 35.9 Å². The third kappa shape index (κ3) is 10.4. The predicted octanol–water partition coefficient (Wildman–Crippen LogP) is 6.83. The second-order valence-corrected chi connectivity index (χ2v) is 15.8. The van der Waals surface area contributed by atoms with Crippen LogP contribution in [0.3, 0.4) is 0 Å². The smallest absolute Gasteiger partial charge is 0.388 e. The first-order valence-electron chi connectivity index (χ1n) is 20.5. The van der Waals surface area contributed by atoms with Gasteiger partial charge in [-0.05, 0) is 76.8 Å². The highest BCUT2D eigenvalue weighted by Crippen LogP contribution is 2.39. The lowest BCUT2D eigenvalue weighted by atomic mass is 9.85. The number of rotatable bonds is 14. The Hall–Kier alpha value is -6.38. The molecule has 2 aliphatic heterocycles. The van der Waals surface area contributed by atoms with E-state index >= 15 is 0 Å². The molecule has 16 nitrogen and oxygen atoms in total. The van der Waals surface area contributed by atoms with E-state index in [1.165, 1.54) is 49.5 Å². The molecule has 328 valence electrons. The SMILES string of the molecule is [C-]#[N+][C@H]1C[C@@H](N2CCC2)CC[C@@H]1n1cc(Nc2ccc(OC(F)F)nc2)c(C(N)=O)c1.[C-]#[N+][C@H]1C[C@H](N2CCC2)CC[C@@H]1n1cc(Nc2ccc(OC(F)F)nc2)c(C(N)=O)c1. The van der Waals surface area contributed by atoms with E-state index in [0.717, 1.165) is 64.7 Å². The van der Waals surface area contributed by atoms with Gasteiger partial charge in [0.2, 0.25) is 23.8 Å². The first kappa shape index (κ1) is 43.7. The second kappa shape index (κ2) is 19.6. The van der Waals surface area contributed by atoms with Crippen LogP contribution in [0.1, 0.15) is 84.2 Å². The van der Waals surface area contributed by atoms with Crippen molar-refractivity contribution in [3.63, 3.8) is 0 Å². The summed E-state index contributed by atoms with van der Waals surface area (Å²) in [6, 6.07) is 6.14. The molecule has 2 saturated heterocycles. The van der Waals surface area contributed by atoms with Gasteiger partial charge in [-0.2, -0.15) is 17.6 Å². The molecule has 2 saturated carbocycles. The summed E-state index contributed by atoms with van der Waals surface area (Å²) in [5.41, 5.74) is 13.7. The van der Waals surface area contributed by atoms with Gasteiger partial charge in [-0.25, -0.2) is 23.1 Å². The number of halogens is 4. The first-order valence-corrected chi connectivity index (χ1v) is 20.5. The molecule has 6 N–H and O–H groups in total. The van der Waals surface area contributed by atoms with Crippen molar-refractivity contribution >= 4 is 34.6 Å². The van der Waals surface area contributed by atoms with E-state index < -0.39 is 25.0 Å². The molecule has 4 aliphatic rings. The molecule has 4 aromatic heterocycles. The molecule has 0 radical (unpaired) electrons. The number of nitrogens with zero attached hydrogens (tertiary/aromatic N) is 8. The molecule has 20 heteroatoms. The molecule has 6 heterocycles. The fraction of sp³-hybridized carbons (Fsp3) is 0.476. The standard InChI is InChI=1S/2C21H24F2N6O2/c2*1-25-16-9-14(28-7-2-8-28)4-5-18(16)29-11-15(20(24)30)17(12-29)27-13-3-6-19(26-10-13)31-21(22)23/h2*3,6,10-12,14,16,18,21,27H,2,4-5,7-9H2,(H2,24,30)/t14-,16+,18+;14-,16-,18-/m10/s1. The summed E-state index contributed by atoms with van der Waals surface area (Å²) in [5.74, 6) is -1.60. The van der Waals surface area contributed by atoms with Gasteiger partial charge in [0.25, 0.3) is 11.8 Å². The van der Waals surface area contributed by atoms with Gasteiger partial charge in [0.05, 0.1) is 46.3 Å². The van der Waals surface area contributed by atoms with Gasteiger partial charge in [0.15, 0.2) is 0 Å². The Morgan fingerprint density at radius 3 is 1.35 bits per heavy atom. The van der Waals surface area contributed by atoms with Crippen LogP contribution in [0, 0.1) is 13.1 Å². The van der Waals surface area contributed by atoms with Crippen LogP contribution >= 0.6 is 0 Å². The number of likely N-dealkylation sites (tertiary alicyclic amines) is 2. The predicted molar refractivity (Wildman–Crippen MR) is 221 cm³/mol. The quantitative estimate of drug-likeness (QED) is 0.0776. The number of ether oxygens (including phenoxy) is 2. The number of carbonyl (C=O) groups excluding carboxylic acids is 2. The van der Waals surface area contributed by atoms with Crippen molar-refractivity contribution in [2.24, 2.45) is 11.5 Å². The van der Waals surface area contributed by atoms with Gasteiger partial charge in [0.1, 0.15) is 12.1 Å². The summed E-state index contributed by atoms with van der Waals surface area (Å²) in [6.07, 6.45) is 17.4. The van der Waals surface area contributed by atoms with Crippen molar-refractivity contribution in [1.29, 1.82) is 0 Å². The Labute approximate surface area is 355 Å². The van der Waals surface area contributed by atoms with E-state index in [9.17, 15) is 27.2 Å². The second-order valence-electron chi connectivity index (χ2n) is 15.8. The van der Waals surface area contributed by atoms with E-state index in [1.54, 1.807) is 24.8 Å². The summed E-state index contributed by atoms with van der Waals surface area (Å²) >= 11 is 0. The molecule has 62 heavy (non-hydrogen) atoms. The maximum atomic E-state index is 12.3. The average Bonchev–Trinajstić information content (AvgIpc) is 3.83. The Balaban J connectivity index is 0.000000186. The molecular weight excluding hydrogens is 813 g/mol. The van der Waals surface area contributed by atoms with Crippen molar-refractivity contribution < 1.29 is 36.6 Å². The first-order chi connectivity index (χ1) is 29.9. The van der Waals surface area contributed by atoms with Crippen molar-refractivity contribution in [1.82, 2.24) is 28.9 Å². The van der Waals surface area contributed by atoms with Crippen LogP contribution in [-0.2, 0) is 0 Å². The Morgan fingerprint density at radius 1 is 0.661 bits per heavy atom. The summed E-state index contributed by atoms with van der Waals surface area (Å²) in [7, 11) is 0. The minimum absolute atomic E-state index is 0.0383. The maximum Gasteiger partial charge on any atom is 0.388 e. The molecule has 6 atom stereocenters. The van der Waals surface area contributed by atoms with Crippen molar-refractivity contribution in [3.05, 3.63) is 95.4 Å². The summed E-state index contributed by atoms with van der Waals surface area (Å²) in [4.78, 5) is 44.3. The normalized spacial score (nSPS) is 23.7. The lowest BCUT2D eigenvalue weighted by Gasteiger charge is -2.42. The number of nitrogens with one attached hydrogen (secondary N) is 2. The van der Waals surface area contributed by atoms with Gasteiger partial charge >= 0.3 is 13.2 Å². The number of amides is 2. The van der Waals surface area contributed by atoms with Crippen molar-refractivity contribution in [2.45, 2.75) is 101 Å². The molecule has 8 rings (SSSR count). The van der Waals surface area contributed by atoms with E-state index in [1.807, 2.05) is 9.13 Å². The number of primary amides is 2. The Kier molecular flexibility index (Phi) is 13.8. The molecule has 4 fully saturated rings. The molecule has 4 aromatic rings. The Bertz CT molecular complexity index is 2090. The molecule has 2 amide bonds. The van der Waals surface area contributed by atoms with Gasteiger partial charge in [-0.3, -0.25) is 19.4 Å². The van der Waals surface area contributed by atoms with E-state index in [0.29, 0.717) is 46.0 Å². The number of hydrogen-bond acceptors (Lipinski definition) is 10. The molecule has 0 spiro atoms. The summed E-state index contributed by atoms with van der Waals surface area (Å²) in [5, 5.41) is 6.12. The number of anilines is 4. The molecule has 2 aliphatic carbocycles. The monoisotopic (exact) mass is 860 g/mol. The minimum atomic E-state index is -2.95. The number of pyridine rings is 2. The van der Waals surface area contributed by atoms with Gasteiger partial charge in [-0.1, -0.05) is 0 Å². The van der Waals surface area contributed by atoms with Crippen LogP contribution in [0.5, 0.6) is 11.8 Å². The van der Waals surface area contributed by atoms with Crippen molar-refractivity contribution in [3.8, 4) is 11.8 Å². The topological polar surface area (TPSA) is 180 Å². The minimum Gasteiger partial charge on any atom is -0.417 e. The fourth-order valence-electron chi connectivity index (χ4n) is 8.73. The van der Waals surface area contributed by atoms with E-state index in [2.05, 4.69) is 49.6 Å². The van der Waals surface area contributed by atoms with Crippen molar-refractivity contribution in [2.75, 3.05) is 36.8 Å². The third-order valence-electron chi connectivity index (χ3n) is 12.1. The van der Waals surface area contributed by atoms with Gasteiger partial charge < -0.3 is 50.4 Å². The third-order valence-corrected chi connectivity index (χ3v) is 12.1. The summed E-state index contributed by atoms with van der Waals surface area (Å²) in [6.45, 7) is 13.9. The molecule has 0 unspecified atom stereocenters. The van der Waals surface area contributed by atoms with Gasteiger partial charge in [-0.15, -0.1) is 0 Å². The number of carbonyl (C=O) groups is 2. The number of hydrogen-bond donors (Lipinski definition) is 4. The largest absolute Gasteiger partial charge is 0.417 e. The molecule has 0 bridgehead atoms. The fourth-order valence-corrected chi connectivity index (χ4v) is 8.73.